The van der Waals surface area contributed by atoms with E-state index in [1.165, 1.54) is 10.8 Å². The summed E-state index contributed by atoms with van der Waals surface area (Å²) < 4.78 is 6.72. The Morgan fingerprint density at radius 1 is 1.54 bits per heavy atom. The van der Waals surface area contributed by atoms with Crippen molar-refractivity contribution in [2.45, 2.75) is 24.0 Å². The van der Waals surface area contributed by atoms with Crippen molar-refractivity contribution in [2.75, 3.05) is 12.3 Å². The van der Waals surface area contributed by atoms with Crippen LogP contribution in [0.5, 0.6) is 0 Å². The molecule has 3 heterocycles. The Morgan fingerprint density at radius 3 is 2.83 bits per heavy atom. The Labute approximate surface area is 135 Å². The summed E-state index contributed by atoms with van der Waals surface area (Å²) in [6.45, 7) is -0.569. The monoisotopic (exact) mass is 333 g/mol. The van der Waals surface area contributed by atoms with Crippen LogP contribution in [0.3, 0.4) is 0 Å². The average Bonchev–Trinajstić information content (AvgIpc) is 3.06. The Hall–Kier alpha value is -2.71. The predicted octanol–water partition coefficient (Wildman–Crippen LogP) is -2.27. The first-order valence-electron chi connectivity index (χ1n) is 6.90. The number of nitrogens with zero attached hydrogens (tertiary/aromatic N) is 3. The quantitative estimate of drug-likeness (QED) is 0.391. The lowest BCUT2D eigenvalue weighted by molar-refractivity contribution is -0.0718. The van der Waals surface area contributed by atoms with E-state index in [2.05, 4.69) is 15.9 Å². The molecule has 0 bridgehead atoms. The molecule has 2 aromatic rings. The number of carbonyl (C=O) groups is 1. The van der Waals surface area contributed by atoms with Gasteiger partial charge in [0.15, 0.2) is 11.8 Å². The van der Waals surface area contributed by atoms with Crippen molar-refractivity contribution >= 4 is 22.8 Å². The molecule has 3 rings (SSSR count). The van der Waals surface area contributed by atoms with Crippen LogP contribution in [-0.4, -0.2) is 60.2 Å². The summed E-state index contributed by atoms with van der Waals surface area (Å²) in [4.78, 5) is 19.5. The van der Waals surface area contributed by atoms with Gasteiger partial charge in [0.05, 0.1) is 17.6 Å². The molecule has 1 aliphatic heterocycles. The van der Waals surface area contributed by atoms with Gasteiger partial charge in [0.2, 0.25) is 0 Å². The molecule has 1 fully saturated rings. The van der Waals surface area contributed by atoms with Gasteiger partial charge in [-0.2, -0.15) is 0 Å². The molecule has 1 aliphatic rings. The van der Waals surface area contributed by atoms with E-state index in [9.17, 15) is 20.1 Å². The lowest BCUT2D eigenvalue weighted by Crippen LogP contribution is -2.45. The standard InChI is InChI=1S/C14H15N5O5/c1-2-14(23)9(21)7(4-20)24-13(14)19-3-6(11(16)22)8-10(15)17-5-18-12(8)19/h1,3,5,7,9,13,20-21,23H,4H2,(H2,16,22)(H2,15,17,18). The molecule has 1 amide bonds. The summed E-state index contributed by atoms with van der Waals surface area (Å²) in [7, 11) is 0. The highest BCUT2D eigenvalue weighted by molar-refractivity contribution is 6.08. The van der Waals surface area contributed by atoms with Gasteiger partial charge in [-0.25, -0.2) is 9.97 Å². The van der Waals surface area contributed by atoms with Crippen molar-refractivity contribution in [3.8, 4) is 12.3 Å². The van der Waals surface area contributed by atoms with Gasteiger partial charge in [0.25, 0.3) is 5.91 Å². The molecular weight excluding hydrogens is 318 g/mol. The minimum absolute atomic E-state index is 0.00742. The number of ether oxygens (including phenoxy) is 1. The van der Waals surface area contributed by atoms with Crippen LogP contribution >= 0.6 is 0 Å². The van der Waals surface area contributed by atoms with E-state index in [1.807, 2.05) is 0 Å². The molecule has 126 valence electrons. The van der Waals surface area contributed by atoms with Gasteiger partial charge in [-0.15, -0.1) is 6.42 Å². The summed E-state index contributed by atoms with van der Waals surface area (Å²) in [5.74, 6) is 1.30. The predicted molar refractivity (Wildman–Crippen MR) is 81.2 cm³/mol. The van der Waals surface area contributed by atoms with Crippen LogP contribution in [0.15, 0.2) is 12.5 Å². The maximum Gasteiger partial charge on any atom is 0.251 e. The highest BCUT2D eigenvalue weighted by Crippen LogP contribution is 2.40. The molecule has 10 heteroatoms. The van der Waals surface area contributed by atoms with E-state index < -0.39 is 36.6 Å². The molecule has 0 spiro atoms. The van der Waals surface area contributed by atoms with Crippen LogP contribution in [0.2, 0.25) is 0 Å². The number of fused-ring (bicyclic) bond motifs is 1. The van der Waals surface area contributed by atoms with Crippen LogP contribution in [-0.2, 0) is 4.74 Å². The Bertz CT molecular complexity index is 859. The summed E-state index contributed by atoms with van der Waals surface area (Å²) in [6, 6.07) is 0. The van der Waals surface area contributed by atoms with Crippen molar-refractivity contribution < 1.29 is 24.9 Å². The van der Waals surface area contributed by atoms with E-state index in [-0.39, 0.29) is 22.4 Å². The number of primary amides is 1. The van der Waals surface area contributed by atoms with E-state index in [0.29, 0.717) is 0 Å². The minimum atomic E-state index is -2.16. The number of hydrogen-bond donors (Lipinski definition) is 5. The van der Waals surface area contributed by atoms with E-state index in [0.717, 1.165) is 6.33 Å². The number of aromatic nitrogens is 3. The first-order valence-corrected chi connectivity index (χ1v) is 6.90. The number of aliphatic hydroxyl groups is 3. The first kappa shape index (κ1) is 16.2. The van der Waals surface area contributed by atoms with E-state index in [1.54, 1.807) is 0 Å². The Balaban J connectivity index is 2.25. The smallest absolute Gasteiger partial charge is 0.251 e. The van der Waals surface area contributed by atoms with Crippen LogP contribution in [0.1, 0.15) is 16.6 Å². The zero-order valence-corrected chi connectivity index (χ0v) is 12.3. The number of carbonyl (C=O) groups excluding carboxylic acids is 1. The summed E-state index contributed by atoms with van der Waals surface area (Å²) in [5.41, 5.74) is 9.12. The molecule has 0 aliphatic carbocycles. The van der Waals surface area contributed by atoms with E-state index >= 15 is 0 Å². The molecule has 24 heavy (non-hydrogen) atoms. The molecule has 0 aromatic carbocycles. The van der Waals surface area contributed by atoms with Gasteiger partial charge in [0, 0.05) is 6.20 Å². The van der Waals surface area contributed by atoms with Gasteiger partial charge >= 0.3 is 0 Å². The van der Waals surface area contributed by atoms with Crippen molar-refractivity contribution in [2.24, 2.45) is 5.73 Å². The third kappa shape index (κ3) is 2.04. The maximum absolute atomic E-state index is 11.7. The number of aliphatic hydroxyl groups excluding tert-OH is 2. The third-order valence-corrected chi connectivity index (χ3v) is 4.05. The molecule has 0 radical (unpaired) electrons. The fourth-order valence-electron chi connectivity index (χ4n) is 2.82. The molecular formula is C14H15N5O5. The minimum Gasteiger partial charge on any atom is -0.394 e. The number of hydrogen-bond acceptors (Lipinski definition) is 8. The lowest BCUT2D eigenvalue weighted by Gasteiger charge is -2.26. The normalized spacial score (nSPS) is 29.7. The van der Waals surface area contributed by atoms with Gasteiger partial charge in [-0.3, -0.25) is 4.79 Å². The van der Waals surface area contributed by atoms with Crippen LogP contribution in [0.4, 0.5) is 5.82 Å². The Kier molecular flexibility index (Phi) is 3.66. The van der Waals surface area contributed by atoms with Gasteiger partial charge in [0.1, 0.15) is 30.0 Å². The topological polar surface area (TPSA) is 170 Å². The summed E-state index contributed by atoms with van der Waals surface area (Å²) in [6.07, 6.45) is 3.79. The number of amides is 1. The maximum atomic E-state index is 11.7. The second-order valence-electron chi connectivity index (χ2n) is 5.40. The second-order valence-corrected chi connectivity index (χ2v) is 5.40. The number of terminal acetylenes is 1. The van der Waals surface area contributed by atoms with Crippen LogP contribution in [0, 0.1) is 12.3 Å². The fourth-order valence-corrected chi connectivity index (χ4v) is 2.82. The largest absolute Gasteiger partial charge is 0.394 e. The summed E-state index contributed by atoms with van der Waals surface area (Å²) >= 11 is 0. The lowest BCUT2D eigenvalue weighted by atomic mass is 9.95. The van der Waals surface area contributed by atoms with Gasteiger partial charge < -0.3 is 36.1 Å². The Morgan fingerprint density at radius 2 is 2.25 bits per heavy atom. The zero-order valence-electron chi connectivity index (χ0n) is 12.3. The highest BCUT2D eigenvalue weighted by Gasteiger charge is 2.55. The number of nitrogens with two attached hydrogens (primary N) is 2. The molecule has 0 saturated carbocycles. The number of rotatable bonds is 3. The fraction of sp³-hybridized carbons (Fsp3) is 0.357. The average molecular weight is 333 g/mol. The van der Waals surface area contributed by atoms with Crippen molar-refractivity contribution in [3.63, 3.8) is 0 Å². The third-order valence-electron chi connectivity index (χ3n) is 4.05. The van der Waals surface area contributed by atoms with Crippen molar-refractivity contribution in [1.29, 1.82) is 0 Å². The molecule has 1 saturated heterocycles. The molecule has 4 unspecified atom stereocenters. The molecule has 10 nitrogen and oxygen atoms in total. The van der Waals surface area contributed by atoms with Crippen molar-refractivity contribution in [1.82, 2.24) is 14.5 Å². The number of anilines is 1. The van der Waals surface area contributed by atoms with E-state index in [4.69, 9.17) is 22.6 Å². The summed E-state index contributed by atoms with van der Waals surface area (Å²) in [5, 5.41) is 30.2. The van der Waals surface area contributed by atoms with Gasteiger partial charge in [-0.1, -0.05) is 5.92 Å². The first-order chi connectivity index (χ1) is 11.3. The van der Waals surface area contributed by atoms with Crippen molar-refractivity contribution in [3.05, 3.63) is 18.1 Å². The highest BCUT2D eigenvalue weighted by atomic mass is 16.6. The van der Waals surface area contributed by atoms with Gasteiger partial charge in [-0.05, 0) is 0 Å². The second kappa shape index (κ2) is 5.43. The zero-order chi connectivity index (χ0) is 17.6. The molecule has 4 atom stereocenters. The van der Waals surface area contributed by atoms with Crippen LogP contribution in [0.25, 0.3) is 11.0 Å². The number of nitrogen functional groups attached to an aromatic ring is 1. The molecule has 2 aromatic heterocycles. The molecule has 7 N–H and O–H groups in total. The SMILES string of the molecule is C#CC1(O)C(O)C(CO)OC1n1cc(C(N)=O)c2c(N)ncnc21. The van der Waals surface area contributed by atoms with Crippen LogP contribution < -0.4 is 11.5 Å².